The van der Waals surface area contributed by atoms with Gasteiger partial charge in [0.2, 0.25) is 0 Å². The predicted molar refractivity (Wildman–Crippen MR) is 92.9 cm³/mol. The Balaban J connectivity index is 1.71. The van der Waals surface area contributed by atoms with E-state index >= 15 is 0 Å². The van der Waals surface area contributed by atoms with Gasteiger partial charge in [-0.3, -0.25) is 4.79 Å². The van der Waals surface area contributed by atoms with Gasteiger partial charge in [0.25, 0.3) is 5.91 Å². The quantitative estimate of drug-likeness (QED) is 0.808. The Bertz CT molecular complexity index is 710. The first kappa shape index (κ1) is 17.7. The molecule has 4 nitrogen and oxygen atoms in total. The third-order valence-electron chi connectivity index (χ3n) is 4.82. The van der Waals surface area contributed by atoms with E-state index in [2.05, 4.69) is 6.92 Å². The molecule has 0 radical (unpaired) electrons. The van der Waals surface area contributed by atoms with Crippen LogP contribution in [0.2, 0.25) is 0 Å². The molecular weight excluding hydrogens is 321 g/mol. The SMILES string of the molecule is CCCc1occc1C(=O)N(C)[C@@H]1CCO[C@H](c2ccc(F)cc2)C1. The van der Waals surface area contributed by atoms with Crippen LogP contribution in [0.25, 0.3) is 0 Å². The van der Waals surface area contributed by atoms with E-state index in [0.29, 0.717) is 18.6 Å². The van der Waals surface area contributed by atoms with Crippen LogP contribution in [0.4, 0.5) is 4.39 Å². The zero-order chi connectivity index (χ0) is 17.8. The Hall–Kier alpha value is -2.14. The molecule has 0 N–H and O–H groups in total. The van der Waals surface area contributed by atoms with Crippen LogP contribution in [-0.2, 0) is 11.2 Å². The zero-order valence-corrected chi connectivity index (χ0v) is 14.7. The molecule has 1 saturated heterocycles. The molecule has 2 heterocycles. The third-order valence-corrected chi connectivity index (χ3v) is 4.82. The van der Waals surface area contributed by atoms with E-state index in [0.717, 1.165) is 30.6 Å². The van der Waals surface area contributed by atoms with Crippen LogP contribution in [0.1, 0.15) is 54.0 Å². The monoisotopic (exact) mass is 345 g/mol. The molecule has 1 amide bonds. The van der Waals surface area contributed by atoms with E-state index in [1.165, 1.54) is 12.1 Å². The number of rotatable bonds is 5. The van der Waals surface area contributed by atoms with Gasteiger partial charge in [-0.25, -0.2) is 4.39 Å². The second-order valence-corrected chi connectivity index (χ2v) is 6.51. The van der Waals surface area contributed by atoms with Gasteiger partial charge in [-0.1, -0.05) is 19.1 Å². The number of ether oxygens (including phenoxy) is 1. The largest absolute Gasteiger partial charge is 0.469 e. The number of nitrogens with zero attached hydrogens (tertiary/aromatic N) is 1. The van der Waals surface area contributed by atoms with Gasteiger partial charge in [0.15, 0.2) is 0 Å². The lowest BCUT2D eigenvalue weighted by atomic mass is 9.96. The molecule has 3 rings (SSSR count). The van der Waals surface area contributed by atoms with Crippen molar-refractivity contribution in [2.75, 3.05) is 13.7 Å². The molecule has 2 atom stereocenters. The van der Waals surface area contributed by atoms with Crippen molar-refractivity contribution in [3.05, 3.63) is 59.3 Å². The lowest BCUT2D eigenvalue weighted by Gasteiger charge is -2.35. The van der Waals surface area contributed by atoms with Gasteiger partial charge in [-0.15, -0.1) is 0 Å². The summed E-state index contributed by atoms with van der Waals surface area (Å²) >= 11 is 0. The highest BCUT2D eigenvalue weighted by Crippen LogP contribution is 2.31. The summed E-state index contributed by atoms with van der Waals surface area (Å²) in [5.74, 6) is 0.482. The molecule has 5 heteroatoms. The Labute approximate surface area is 147 Å². The summed E-state index contributed by atoms with van der Waals surface area (Å²) in [6.07, 6.45) is 4.65. The fraction of sp³-hybridized carbons (Fsp3) is 0.450. The maximum absolute atomic E-state index is 13.1. The number of carbonyl (C=O) groups excluding carboxylic acids is 1. The molecule has 0 unspecified atom stereocenters. The minimum atomic E-state index is -0.258. The molecule has 1 fully saturated rings. The smallest absolute Gasteiger partial charge is 0.257 e. The first-order valence-corrected chi connectivity index (χ1v) is 8.80. The Morgan fingerprint density at radius 3 is 2.76 bits per heavy atom. The van der Waals surface area contributed by atoms with Crippen molar-refractivity contribution in [2.45, 2.75) is 44.8 Å². The number of furan rings is 1. The number of hydrogen-bond acceptors (Lipinski definition) is 3. The maximum Gasteiger partial charge on any atom is 0.257 e. The Kier molecular flexibility index (Phi) is 5.53. The molecular formula is C20H24FNO3. The first-order valence-electron chi connectivity index (χ1n) is 8.80. The van der Waals surface area contributed by atoms with Gasteiger partial charge in [0.05, 0.1) is 17.9 Å². The van der Waals surface area contributed by atoms with Crippen LogP contribution in [-0.4, -0.2) is 30.5 Å². The van der Waals surface area contributed by atoms with E-state index in [-0.39, 0.29) is 23.9 Å². The van der Waals surface area contributed by atoms with Gasteiger partial charge in [0, 0.05) is 26.1 Å². The number of hydrogen-bond donors (Lipinski definition) is 0. The van der Waals surface area contributed by atoms with Crippen LogP contribution in [0, 0.1) is 5.82 Å². The molecule has 0 bridgehead atoms. The molecule has 1 aromatic carbocycles. The van der Waals surface area contributed by atoms with Crippen molar-refractivity contribution in [3.63, 3.8) is 0 Å². The highest BCUT2D eigenvalue weighted by molar-refractivity contribution is 5.95. The summed E-state index contributed by atoms with van der Waals surface area (Å²) in [5.41, 5.74) is 1.59. The molecule has 2 aromatic rings. The van der Waals surface area contributed by atoms with Gasteiger partial charge >= 0.3 is 0 Å². The summed E-state index contributed by atoms with van der Waals surface area (Å²) in [5, 5.41) is 0. The average Bonchev–Trinajstić information content (AvgIpc) is 3.10. The van der Waals surface area contributed by atoms with Crippen molar-refractivity contribution < 1.29 is 18.3 Å². The molecule has 25 heavy (non-hydrogen) atoms. The van der Waals surface area contributed by atoms with Crippen LogP contribution in [0.3, 0.4) is 0 Å². The van der Waals surface area contributed by atoms with Crippen LogP contribution < -0.4 is 0 Å². The van der Waals surface area contributed by atoms with Crippen LogP contribution in [0.15, 0.2) is 41.0 Å². The van der Waals surface area contributed by atoms with Crippen LogP contribution in [0.5, 0.6) is 0 Å². The molecule has 1 aromatic heterocycles. The minimum absolute atomic E-state index is 0.0121. The molecule has 1 aliphatic heterocycles. The summed E-state index contributed by atoms with van der Waals surface area (Å²) in [4.78, 5) is 14.7. The lowest BCUT2D eigenvalue weighted by molar-refractivity contribution is -0.0197. The highest BCUT2D eigenvalue weighted by Gasteiger charge is 2.30. The number of carbonyl (C=O) groups is 1. The molecule has 134 valence electrons. The summed E-state index contributed by atoms with van der Waals surface area (Å²) in [6, 6.07) is 8.22. The van der Waals surface area contributed by atoms with Gasteiger partial charge in [-0.2, -0.15) is 0 Å². The van der Waals surface area contributed by atoms with Gasteiger partial charge < -0.3 is 14.1 Å². The second-order valence-electron chi connectivity index (χ2n) is 6.51. The van der Waals surface area contributed by atoms with Crippen molar-refractivity contribution in [1.29, 1.82) is 0 Å². The van der Waals surface area contributed by atoms with Crippen LogP contribution >= 0.6 is 0 Å². The predicted octanol–water partition coefficient (Wildman–Crippen LogP) is 4.36. The summed E-state index contributed by atoms with van der Waals surface area (Å²) in [6.45, 7) is 2.64. The molecule has 0 saturated carbocycles. The fourth-order valence-corrected chi connectivity index (χ4v) is 3.35. The summed E-state index contributed by atoms with van der Waals surface area (Å²) in [7, 11) is 1.84. The highest BCUT2D eigenvalue weighted by atomic mass is 19.1. The van der Waals surface area contributed by atoms with E-state index in [4.69, 9.17) is 9.15 Å². The van der Waals surface area contributed by atoms with E-state index < -0.39 is 0 Å². The van der Waals surface area contributed by atoms with Crippen molar-refractivity contribution >= 4 is 5.91 Å². The van der Waals surface area contributed by atoms with Crippen molar-refractivity contribution in [3.8, 4) is 0 Å². The first-order chi connectivity index (χ1) is 12.1. The van der Waals surface area contributed by atoms with E-state index in [1.54, 1.807) is 29.4 Å². The third kappa shape index (κ3) is 3.93. The fourth-order valence-electron chi connectivity index (χ4n) is 3.35. The Morgan fingerprint density at radius 1 is 1.28 bits per heavy atom. The molecule has 1 aliphatic rings. The maximum atomic E-state index is 13.1. The second kappa shape index (κ2) is 7.83. The molecule has 0 spiro atoms. The average molecular weight is 345 g/mol. The van der Waals surface area contributed by atoms with Crippen molar-refractivity contribution in [2.24, 2.45) is 0 Å². The Morgan fingerprint density at radius 2 is 2.04 bits per heavy atom. The normalized spacial score (nSPS) is 20.4. The number of halogens is 1. The number of amides is 1. The lowest BCUT2D eigenvalue weighted by Crippen LogP contribution is -2.41. The standard InChI is InChI=1S/C20H24FNO3/c1-3-4-18-17(10-12-24-18)20(23)22(2)16-9-11-25-19(13-16)14-5-7-15(21)8-6-14/h5-8,10,12,16,19H,3-4,9,11,13H2,1-2H3/t16-,19+/m1/s1. The number of aryl methyl sites for hydroxylation is 1. The molecule has 0 aliphatic carbocycles. The van der Waals surface area contributed by atoms with Gasteiger partial charge in [0.1, 0.15) is 11.6 Å². The van der Waals surface area contributed by atoms with E-state index in [1.807, 2.05) is 7.05 Å². The topological polar surface area (TPSA) is 42.7 Å². The van der Waals surface area contributed by atoms with Crippen molar-refractivity contribution in [1.82, 2.24) is 4.90 Å². The summed E-state index contributed by atoms with van der Waals surface area (Å²) < 4.78 is 24.4. The zero-order valence-electron chi connectivity index (χ0n) is 14.7. The van der Waals surface area contributed by atoms with Gasteiger partial charge in [-0.05, 0) is 43.0 Å². The van der Waals surface area contributed by atoms with E-state index in [9.17, 15) is 9.18 Å². The minimum Gasteiger partial charge on any atom is -0.469 e. The number of benzene rings is 1.